The van der Waals surface area contributed by atoms with E-state index in [0.717, 1.165) is 54.3 Å². The van der Waals surface area contributed by atoms with Gasteiger partial charge in [-0.25, -0.2) is 14.8 Å². The van der Waals surface area contributed by atoms with Gasteiger partial charge in [-0.15, -0.1) is 11.3 Å². The van der Waals surface area contributed by atoms with Gasteiger partial charge in [-0.1, -0.05) is 0 Å². The molecule has 0 aromatic carbocycles. The van der Waals surface area contributed by atoms with Crippen LogP contribution < -0.4 is 5.32 Å². The fourth-order valence-electron chi connectivity index (χ4n) is 3.27. The maximum Gasteiger partial charge on any atom is 0.348 e. The van der Waals surface area contributed by atoms with Gasteiger partial charge in [0.25, 0.3) is 0 Å². The van der Waals surface area contributed by atoms with Crippen LogP contribution in [0.2, 0.25) is 0 Å². The second-order valence-electron chi connectivity index (χ2n) is 6.83. The van der Waals surface area contributed by atoms with Crippen molar-refractivity contribution < 1.29 is 9.53 Å². The van der Waals surface area contributed by atoms with Crippen LogP contribution >= 0.6 is 11.3 Å². The van der Waals surface area contributed by atoms with E-state index in [9.17, 15) is 4.79 Å². The van der Waals surface area contributed by atoms with Gasteiger partial charge in [0.2, 0.25) is 0 Å². The lowest BCUT2D eigenvalue weighted by Gasteiger charge is -2.34. The number of carbonyl (C=O) groups excluding carboxylic acids is 1. The summed E-state index contributed by atoms with van der Waals surface area (Å²) < 4.78 is 5.16. The molecule has 0 aliphatic carbocycles. The van der Waals surface area contributed by atoms with Gasteiger partial charge in [0.1, 0.15) is 21.9 Å². The number of aromatic nitrogens is 2. The Balaban J connectivity index is 1.76. The monoisotopic (exact) mass is 377 g/mol. The molecular formula is C18H27N5O2S. The molecule has 3 rings (SSSR count). The summed E-state index contributed by atoms with van der Waals surface area (Å²) in [5, 5.41) is 4.44. The molecule has 1 fully saturated rings. The lowest BCUT2D eigenvalue weighted by Crippen LogP contribution is -2.47. The van der Waals surface area contributed by atoms with Crippen molar-refractivity contribution in [1.29, 1.82) is 0 Å². The van der Waals surface area contributed by atoms with Gasteiger partial charge in [0.15, 0.2) is 0 Å². The number of fused-ring (bicyclic) bond motifs is 1. The lowest BCUT2D eigenvalue weighted by atomic mass is 10.2. The standard InChI is InChI=1S/C18H27N5O2S/c1-5-25-18(24)15-13(3)14-16(19-11-20-17(14)26-15)21-12(2)10-23-8-6-22(4)7-9-23/h11-12H,5-10H2,1-4H3,(H,19,20,21). The molecule has 1 atom stereocenters. The van der Waals surface area contributed by atoms with Crippen molar-refractivity contribution in [2.24, 2.45) is 0 Å². The van der Waals surface area contributed by atoms with E-state index in [2.05, 4.69) is 39.1 Å². The van der Waals surface area contributed by atoms with E-state index in [1.165, 1.54) is 11.3 Å². The minimum atomic E-state index is -0.288. The Kier molecular flexibility index (Phi) is 6.05. The minimum Gasteiger partial charge on any atom is -0.462 e. The molecule has 0 bridgehead atoms. The average molecular weight is 378 g/mol. The Bertz CT molecular complexity index is 770. The smallest absolute Gasteiger partial charge is 0.348 e. The molecule has 0 amide bonds. The molecule has 1 saturated heterocycles. The van der Waals surface area contributed by atoms with Crippen LogP contribution in [0.25, 0.3) is 10.2 Å². The number of ether oxygens (including phenoxy) is 1. The Morgan fingerprint density at radius 1 is 1.35 bits per heavy atom. The largest absolute Gasteiger partial charge is 0.462 e. The van der Waals surface area contributed by atoms with Crippen molar-refractivity contribution in [3.8, 4) is 0 Å². The highest BCUT2D eigenvalue weighted by Gasteiger charge is 2.21. The summed E-state index contributed by atoms with van der Waals surface area (Å²) in [4.78, 5) is 27.2. The number of likely N-dealkylation sites (N-methyl/N-ethyl adjacent to an activating group) is 1. The molecule has 8 heteroatoms. The van der Waals surface area contributed by atoms with Crippen LogP contribution in [0.15, 0.2) is 6.33 Å². The summed E-state index contributed by atoms with van der Waals surface area (Å²) >= 11 is 1.37. The van der Waals surface area contributed by atoms with Crippen LogP contribution in [-0.2, 0) is 4.74 Å². The Labute approximate surface area is 158 Å². The van der Waals surface area contributed by atoms with Gasteiger partial charge >= 0.3 is 5.97 Å². The number of rotatable bonds is 6. The first kappa shape index (κ1) is 19.0. The van der Waals surface area contributed by atoms with E-state index in [1.807, 2.05) is 13.8 Å². The molecule has 1 aliphatic rings. The summed E-state index contributed by atoms with van der Waals surface area (Å²) in [6.07, 6.45) is 1.55. The molecule has 1 aliphatic heterocycles. The van der Waals surface area contributed by atoms with E-state index in [1.54, 1.807) is 6.33 Å². The lowest BCUT2D eigenvalue weighted by molar-refractivity contribution is 0.0531. The highest BCUT2D eigenvalue weighted by molar-refractivity contribution is 7.20. The van der Waals surface area contributed by atoms with Crippen molar-refractivity contribution in [3.63, 3.8) is 0 Å². The third kappa shape index (κ3) is 4.13. The summed E-state index contributed by atoms with van der Waals surface area (Å²) in [5.74, 6) is 0.505. The third-order valence-corrected chi connectivity index (χ3v) is 5.88. The summed E-state index contributed by atoms with van der Waals surface area (Å²) in [6.45, 7) is 11.6. The number of nitrogens with zero attached hydrogens (tertiary/aromatic N) is 4. The normalized spacial score (nSPS) is 17.4. The van der Waals surface area contributed by atoms with Gasteiger partial charge in [-0.2, -0.15) is 0 Å². The van der Waals surface area contributed by atoms with E-state index in [4.69, 9.17) is 4.74 Å². The average Bonchev–Trinajstić information content (AvgIpc) is 2.95. The fourth-order valence-corrected chi connectivity index (χ4v) is 4.31. The van der Waals surface area contributed by atoms with Gasteiger partial charge < -0.3 is 15.0 Å². The predicted octanol–water partition coefficient (Wildman–Crippen LogP) is 2.22. The topological polar surface area (TPSA) is 70.6 Å². The SMILES string of the molecule is CCOC(=O)c1sc2ncnc(NC(C)CN3CCN(C)CC3)c2c1C. The Morgan fingerprint density at radius 3 is 2.77 bits per heavy atom. The molecule has 2 aromatic heterocycles. The molecule has 2 aromatic rings. The second-order valence-corrected chi connectivity index (χ2v) is 7.83. The number of piperazine rings is 1. The van der Waals surface area contributed by atoms with E-state index in [0.29, 0.717) is 11.5 Å². The molecule has 3 heterocycles. The first-order valence-electron chi connectivity index (χ1n) is 9.08. The molecule has 1 unspecified atom stereocenters. The summed E-state index contributed by atoms with van der Waals surface area (Å²) in [5.41, 5.74) is 0.887. The Morgan fingerprint density at radius 2 is 2.08 bits per heavy atom. The summed E-state index contributed by atoms with van der Waals surface area (Å²) in [7, 11) is 2.16. The number of carbonyl (C=O) groups is 1. The van der Waals surface area contributed by atoms with Crippen molar-refractivity contribution >= 4 is 33.3 Å². The first-order chi connectivity index (χ1) is 12.5. The number of esters is 1. The zero-order valence-corrected chi connectivity index (χ0v) is 16.7. The van der Waals surface area contributed by atoms with E-state index >= 15 is 0 Å². The van der Waals surface area contributed by atoms with Crippen molar-refractivity contribution in [3.05, 3.63) is 16.8 Å². The molecule has 1 N–H and O–H groups in total. The molecular weight excluding hydrogens is 350 g/mol. The Hall–Kier alpha value is -1.77. The first-order valence-corrected chi connectivity index (χ1v) is 9.90. The molecule has 142 valence electrons. The molecule has 0 spiro atoms. The number of thiophene rings is 1. The van der Waals surface area contributed by atoms with Gasteiger partial charge in [-0.3, -0.25) is 4.90 Å². The number of aryl methyl sites for hydroxylation is 1. The van der Waals surface area contributed by atoms with Crippen LogP contribution in [-0.4, -0.2) is 78.2 Å². The van der Waals surface area contributed by atoms with Gasteiger partial charge in [0.05, 0.1) is 12.0 Å². The molecule has 7 nitrogen and oxygen atoms in total. The summed E-state index contributed by atoms with van der Waals surface area (Å²) in [6, 6.07) is 0.252. The van der Waals surface area contributed by atoms with E-state index < -0.39 is 0 Å². The van der Waals surface area contributed by atoms with Gasteiger partial charge in [-0.05, 0) is 33.4 Å². The van der Waals surface area contributed by atoms with E-state index in [-0.39, 0.29) is 12.0 Å². The quantitative estimate of drug-likeness (QED) is 0.774. The third-order valence-electron chi connectivity index (χ3n) is 4.70. The van der Waals surface area contributed by atoms with Gasteiger partial charge in [0, 0.05) is 38.8 Å². The molecule has 0 radical (unpaired) electrons. The molecule has 26 heavy (non-hydrogen) atoms. The molecule has 0 saturated carbocycles. The zero-order valence-electron chi connectivity index (χ0n) is 15.9. The maximum absolute atomic E-state index is 12.2. The number of nitrogens with one attached hydrogen (secondary N) is 1. The second kappa shape index (κ2) is 8.28. The number of hydrogen-bond acceptors (Lipinski definition) is 8. The van der Waals surface area contributed by atoms with Crippen LogP contribution in [0, 0.1) is 6.92 Å². The highest BCUT2D eigenvalue weighted by Crippen LogP contribution is 2.33. The van der Waals surface area contributed by atoms with Crippen LogP contribution in [0.4, 0.5) is 5.82 Å². The minimum absolute atomic E-state index is 0.252. The van der Waals surface area contributed by atoms with Crippen LogP contribution in [0.3, 0.4) is 0 Å². The maximum atomic E-state index is 12.2. The van der Waals surface area contributed by atoms with Crippen LogP contribution in [0.1, 0.15) is 29.1 Å². The highest BCUT2D eigenvalue weighted by atomic mass is 32.1. The predicted molar refractivity (Wildman–Crippen MR) is 105 cm³/mol. The van der Waals surface area contributed by atoms with Crippen LogP contribution in [0.5, 0.6) is 0 Å². The zero-order chi connectivity index (χ0) is 18.7. The fraction of sp³-hybridized carbons (Fsp3) is 0.611. The number of hydrogen-bond donors (Lipinski definition) is 1. The van der Waals surface area contributed by atoms with Crippen molar-refractivity contribution in [2.45, 2.75) is 26.8 Å². The van der Waals surface area contributed by atoms with Crippen molar-refractivity contribution in [1.82, 2.24) is 19.8 Å². The number of anilines is 1. The van der Waals surface area contributed by atoms with Crippen molar-refractivity contribution in [2.75, 3.05) is 51.7 Å².